The monoisotopic (exact) mass is 361 g/mol. The quantitative estimate of drug-likeness (QED) is 0.530. The van der Waals surface area contributed by atoms with E-state index in [0.29, 0.717) is 17.3 Å². The molecular weight excluding hydrogens is 342 g/mol. The van der Waals surface area contributed by atoms with Gasteiger partial charge in [0.15, 0.2) is 5.82 Å². The van der Waals surface area contributed by atoms with E-state index in [1.165, 1.54) is 0 Å². The van der Waals surface area contributed by atoms with Gasteiger partial charge in [-0.2, -0.15) is 4.98 Å². The lowest BCUT2D eigenvalue weighted by molar-refractivity contribution is 0.0727. The summed E-state index contributed by atoms with van der Waals surface area (Å²) in [4.78, 5) is 18.7. The van der Waals surface area contributed by atoms with Crippen molar-refractivity contribution in [2.24, 2.45) is 0 Å². The Morgan fingerprint density at radius 2 is 1.85 bits per heavy atom. The second kappa shape index (κ2) is 6.72. The van der Waals surface area contributed by atoms with Crippen LogP contribution < -0.4 is 0 Å². The van der Waals surface area contributed by atoms with E-state index in [-0.39, 0.29) is 11.9 Å². The third kappa shape index (κ3) is 3.21. The summed E-state index contributed by atoms with van der Waals surface area (Å²) in [6.07, 6.45) is 0. The number of amides is 1. The molecule has 4 rings (SSSR count). The fraction of sp³-hybridized carbons (Fsp3) is 0.190. The maximum absolute atomic E-state index is 12.9. The normalized spacial score (nSPS) is 12.3. The Kier molecular flexibility index (Phi) is 4.24. The summed E-state index contributed by atoms with van der Waals surface area (Å²) in [6.45, 7) is 3.71. The first-order chi connectivity index (χ1) is 13.0. The third-order valence-corrected chi connectivity index (χ3v) is 4.66. The van der Waals surface area contributed by atoms with Crippen LogP contribution in [0.3, 0.4) is 0 Å². The highest BCUT2D eigenvalue weighted by Gasteiger charge is 2.22. The van der Waals surface area contributed by atoms with Gasteiger partial charge < -0.3 is 13.8 Å². The molecule has 0 aliphatic carbocycles. The Bertz CT molecular complexity index is 1060. The van der Waals surface area contributed by atoms with Crippen molar-refractivity contribution in [2.75, 3.05) is 7.05 Å². The van der Waals surface area contributed by atoms with Crippen molar-refractivity contribution in [1.82, 2.24) is 15.0 Å². The summed E-state index contributed by atoms with van der Waals surface area (Å²) in [7, 11) is 1.77. The molecule has 0 saturated heterocycles. The van der Waals surface area contributed by atoms with Gasteiger partial charge in [-0.25, -0.2) is 0 Å². The maximum Gasteiger partial charge on any atom is 0.257 e. The van der Waals surface area contributed by atoms with Gasteiger partial charge in [0.25, 0.3) is 11.8 Å². The lowest BCUT2D eigenvalue weighted by Gasteiger charge is -2.23. The summed E-state index contributed by atoms with van der Waals surface area (Å²) < 4.78 is 11.0. The number of aromatic nitrogens is 2. The standard InChI is InChI=1S/C21H19N3O3/c1-13(19-12-17-6-4-5-7-18(17)26-19)24(3)21(25)16-10-8-15(9-11-16)20-22-14(2)23-27-20/h4-13H,1-3H3. The van der Waals surface area contributed by atoms with Crippen LogP contribution in [0.2, 0.25) is 0 Å². The van der Waals surface area contributed by atoms with Crippen molar-refractivity contribution in [1.29, 1.82) is 0 Å². The first-order valence-corrected chi connectivity index (χ1v) is 8.69. The fourth-order valence-corrected chi connectivity index (χ4v) is 2.95. The van der Waals surface area contributed by atoms with E-state index in [9.17, 15) is 4.79 Å². The van der Waals surface area contributed by atoms with Gasteiger partial charge in [0.1, 0.15) is 11.3 Å². The van der Waals surface area contributed by atoms with Gasteiger partial charge in [0.2, 0.25) is 0 Å². The molecule has 6 nitrogen and oxygen atoms in total. The molecule has 1 unspecified atom stereocenters. The summed E-state index contributed by atoms with van der Waals surface area (Å²) in [6, 6.07) is 16.7. The summed E-state index contributed by atoms with van der Waals surface area (Å²) in [5, 5.41) is 4.81. The number of hydrogen-bond donors (Lipinski definition) is 0. The molecule has 0 saturated carbocycles. The zero-order chi connectivity index (χ0) is 19.0. The maximum atomic E-state index is 12.9. The highest BCUT2D eigenvalue weighted by Crippen LogP contribution is 2.28. The number of fused-ring (bicyclic) bond motifs is 1. The lowest BCUT2D eigenvalue weighted by Crippen LogP contribution is -2.29. The van der Waals surface area contributed by atoms with Crippen molar-refractivity contribution in [3.63, 3.8) is 0 Å². The van der Waals surface area contributed by atoms with Crippen LogP contribution in [0.15, 0.2) is 63.5 Å². The molecule has 2 aromatic heterocycles. The largest absolute Gasteiger partial charge is 0.459 e. The SMILES string of the molecule is Cc1noc(-c2ccc(C(=O)N(C)C(C)c3cc4ccccc4o3)cc2)n1. The minimum absolute atomic E-state index is 0.0868. The molecule has 2 aromatic carbocycles. The predicted molar refractivity (Wildman–Crippen MR) is 101 cm³/mol. The first kappa shape index (κ1) is 17.0. The summed E-state index contributed by atoms with van der Waals surface area (Å²) in [5.41, 5.74) is 2.18. The minimum Gasteiger partial charge on any atom is -0.459 e. The molecular formula is C21H19N3O3. The van der Waals surface area contributed by atoms with Crippen molar-refractivity contribution in [3.05, 3.63) is 71.7 Å². The molecule has 0 N–H and O–H groups in total. The molecule has 136 valence electrons. The number of para-hydroxylation sites is 1. The molecule has 0 radical (unpaired) electrons. The van der Waals surface area contributed by atoms with E-state index in [4.69, 9.17) is 8.94 Å². The van der Waals surface area contributed by atoms with Gasteiger partial charge in [0, 0.05) is 23.6 Å². The van der Waals surface area contributed by atoms with E-state index >= 15 is 0 Å². The Hall–Kier alpha value is -3.41. The third-order valence-electron chi connectivity index (χ3n) is 4.66. The number of carbonyl (C=O) groups excluding carboxylic acids is 1. The Balaban J connectivity index is 1.54. The van der Waals surface area contributed by atoms with Crippen LogP contribution in [0.4, 0.5) is 0 Å². The Morgan fingerprint density at radius 3 is 2.52 bits per heavy atom. The molecule has 1 amide bonds. The molecule has 27 heavy (non-hydrogen) atoms. The second-order valence-electron chi connectivity index (χ2n) is 6.50. The van der Waals surface area contributed by atoms with Gasteiger partial charge in [-0.15, -0.1) is 0 Å². The van der Waals surface area contributed by atoms with E-state index in [1.54, 1.807) is 43.1 Å². The molecule has 0 aliphatic heterocycles. The van der Waals surface area contributed by atoms with Gasteiger partial charge in [-0.1, -0.05) is 23.4 Å². The first-order valence-electron chi connectivity index (χ1n) is 8.69. The molecule has 4 aromatic rings. The number of nitrogens with zero attached hydrogens (tertiary/aromatic N) is 3. The van der Waals surface area contributed by atoms with Crippen LogP contribution in [-0.4, -0.2) is 28.0 Å². The zero-order valence-corrected chi connectivity index (χ0v) is 15.3. The van der Waals surface area contributed by atoms with Crippen molar-refractivity contribution in [2.45, 2.75) is 19.9 Å². The van der Waals surface area contributed by atoms with Crippen LogP contribution in [0.1, 0.15) is 34.9 Å². The van der Waals surface area contributed by atoms with Crippen molar-refractivity contribution in [3.8, 4) is 11.5 Å². The average Bonchev–Trinajstić information content (AvgIpc) is 3.32. The molecule has 6 heteroatoms. The number of aryl methyl sites for hydroxylation is 1. The van der Waals surface area contributed by atoms with Gasteiger partial charge >= 0.3 is 0 Å². The molecule has 2 heterocycles. The average molecular weight is 361 g/mol. The molecule has 1 atom stereocenters. The van der Waals surface area contributed by atoms with E-state index in [2.05, 4.69) is 10.1 Å². The second-order valence-corrected chi connectivity index (χ2v) is 6.50. The number of benzene rings is 2. The van der Waals surface area contributed by atoms with E-state index < -0.39 is 0 Å². The van der Waals surface area contributed by atoms with Crippen LogP contribution in [-0.2, 0) is 0 Å². The van der Waals surface area contributed by atoms with Gasteiger partial charge in [-0.05, 0) is 50.2 Å². The Labute approximate surface area is 156 Å². The van der Waals surface area contributed by atoms with E-state index in [0.717, 1.165) is 22.3 Å². The molecule has 0 aliphatic rings. The van der Waals surface area contributed by atoms with Crippen LogP contribution in [0.5, 0.6) is 0 Å². The van der Waals surface area contributed by atoms with Crippen molar-refractivity contribution < 1.29 is 13.7 Å². The number of rotatable bonds is 4. The summed E-state index contributed by atoms with van der Waals surface area (Å²) in [5.74, 6) is 1.68. The van der Waals surface area contributed by atoms with Crippen LogP contribution in [0.25, 0.3) is 22.4 Å². The molecule has 0 spiro atoms. The van der Waals surface area contributed by atoms with Crippen LogP contribution >= 0.6 is 0 Å². The fourth-order valence-electron chi connectivity index (χ4n) is 2.95. The van der Waals surface area contributed by atoms with Gasteiger partial charge in [-0.3, -0.25) is 4.79 Å². The smallest absolute Gasteiger partial charge is 0.257 e. The molecule has 0 bridgehead atoms. The van der Waals surface area contributed by atoms with Gasteiger partial charge in [0.05, 0.1) is 6.04 Å². The zero-order valence-electron chi connectivity index (χ0n) is 15.3. The summed E-state index contributed by atoms with van der Waals surface area (Å²) >= 11 is 0. The number of furan rings is 1. The minimum atomic E-state index is -0.192. The lowest BCUT2D eigenvalue weighted by atomic mass is 10.1. The topological polar surface area (TPSA) is 72.4 Å². The number of carbonyl (C=O) groups is 1. The van der Waals surface area contributed by atoms with Crippen LogP contribution in [0, 0.1) is 6.92 Å². The molecule has 0 fully saturated rings. The predicted octanol–water partition coefficient (Wildman–Crippen LogP) is 4.62. The Morgan fingerprint density at radius 1 is 1.11 bits per heavy atom. The highest BCUT2D eigenvalue weighted by molar-refractivity contribution is 5.94. The number of hydrogen-bond acceptors (Lipinski definition) is 5. The van der Waals surface area contributed by atoms with E-state index in [1.807, 2.05) is 37.3 Å². The highest BCUT2D eigenvalue weighted by atomic mass is 16.5. The van der Waals surface area contributed by atoms with Crippen molar-refractivity contribution >= 4 is 16.9 Å².